The summed E-state index contributed by atoms with van der Waals surface area (Å²) < 4.78 is 14.4. The normalized spacial score (nSPS) is 17.5. The fraction of sp³-hybridized carbons (Fsp3) is 0.267. The molecule has 1 amide bonds. The molecule has 0 unspecified atom stereocenters. The van der Waals surface area contributed by atoms with Gasteiger partial charge < -0.3 is 4.90 Å². The Balaban J connectivity index is 1.63. The zero-order valence-electron chi connectivity index (χ0n) is 11.5. The highest BCUT2D eigenvalue weighted by molar-refractivity contribution is 8.00. The fourth-order valence-corrected chi connectivity index (χ4v) is 3.41. The van der Waals surface area contributed by atoms with E-state index in [1.165, 1.54) is 21.2 Å². The van der Waals surface area contributed by atoms with Gasteiger partial charge in [0.05, 0.1) is 24.5 Å². The van der Waals surface area contributed by atoms with Crippen molar-refractivity contribution in [2.75, 3.05) is 18.8 Å². The number of likely N-dealkylation sites (tertiary alicyclic amines) is 1. The molecule has 0 saturated carbocycles. The van der Waals surface area contributed by atoms with Gasteiger partial charge in [-0.3, -0.25) is 14.2 Å². The fourth-order valence-electron chi connectivity index (χ4n) is 2.56. The minimum Gasteiger partial charge on any atom is -0.333 e. The molecule has 1 aromatic heterocycles. The van der Waals surface area contributed by atoms with E-state index in [4.69, 9.17) is 0 Å². The molecule has 3 heterocycles. The molecule has 0 aliphatic carbocycles. The van der Waals surface area contributed by atoms with Gasteiger partial charge in [0.15, 0.2) is 5.16 Å². The molecule has 22 heavy (non-hydrogen) atoms. The zero-order valence-corrected chi connectivity index (χ0v) is 12.3. The van der Waals surface area contributed by atoms with Crippen LogP contribution in [0.1, 0.15) is 15.2 Å². The summed E-state index contributed by atoms with van der Waals surface area (Å²) in [4.78, 5) is 29.8. The third-order valence-electron chi connectivity index (χ3n) is 3.80. The molecular formula is C15H12FN3O2S. The molecule has 7 heteroatoms. The lowest BCUT2D eigenvalue weighted by atomic mass is 10.1. The molecule has 0 spiro atoms. The lowest BCUT2D eigenvalue weighted by Gasteiger charge is -2.34. The SMILES string of the molecule is O=C(c1cccc(-c2cn3c(n2)SCC3=O)c1)N1CC(F)C1. The molecule has 1 fully saturated rings. The number of imidazole rings is 1. The van der Waals surface area contributed by atoms with Crippen LogP contribution in [-0.4, -0.2) is 51.3 Å². The van der Waals surface area contributed by atoms with Gasteiger partial charge in [-0.2, -0.15) is 0 Å². The topological polar surface area (TPSA) is 55.2 Å². The number of aromatic nitrogens is 2. The first-order valence-electron chi connectivity index (χ1n) is 6.91. The Morgan fingerprint density at radius 2 is 2.18 bits per heavy atom. The van der Waals surface area contributed by atoms with Crippen LogP contribution in [0, 0.1) is 0 Å². The highest BCUT2D eigenvalue weighted by Crippen LogP contribution is 2.29. The molecule has 2 aromatic rings. The Morgan fingerprint density at radius 3 is 2.91 bits per heavy atom. The number of benzene rings is 1. The van der Waals surface area contributed by atoms with Gasteiger partial charge in [-0.1, -0.05) is 23.9 Å². The number of halogens is 1. The number of amides is 1. The van der Waals surface area contributed by atoms with Crippen LogP contribution in [0.4, 0.5) is 4.39 Å². The van der Waals surface area contributed by atoms with Crippen molar-refractivity contribution in [2.45, 2.75) is 11.3 Å². The predicted octanol–water partition coefficient (Wildman–Crippen LogP) is 2.09. The second-order valence-corrected chi connectivity index (χ2v) is 6.29. The summed E-state index contributed by atoms with van der Waals surface area (Å²) in [6.45, 7) is 0.319. The molecule has 1 aromatic carbocycles. The Kier molecular flexibility index (Phi) is 3.04. The summed E-state index contributed by atoms with van der Waals surface area (Å²) in [6, 6.07) is 7.06. The van der Waals surface area contributed by atoms with E-state index in [1.807, 2.05) is 6.07 Å². The van der Waals surface area contributed by atoms with Gasteiger partial charge in [0.1, 0.15) is 6.17 Å². The van der Waals surface area contributed by atoms with Crippen LogP contribution in [0.3, 0.4) is 0 Å². The first-order chi connectivity index (χ1) is 10.6. The van der Waals surface area contributed by atoms with Crippen LogP contribution >= 0.6 is 11.8 Å². The van der Waals surface area contributed by atoms with E-state index >= 15 is 0 Å². The van der Waals surface area contributed by atoms with Gasteiger partial charge in [0, 0.05) is 17.3 Å². The van der Waals surface area contributed by atoms with Gasteiger partial charge in [0.2, 0.25) is 5.91 Å². The summed E-state index contributed by atoms with van der Waals surface area (Å²) in [5.74, 6) is 0.258. The predicted molar refractivity (Wildman–Crippen MR) is 79.8 cm³/mol. The van der Waals surface area contributed by atoms with Crippen LogP contribution in [0.15, 0.2) is 35.6 Å². The van der Waals surface area contributed by atoms with Crippen molar-refractivity contribution < 1.29 is 14.0 Å². The summed E-state index contributed by atoms with van der Waals surface area (Å²) >= 11 is 1.41. The molecular weight excluding hydrogens is 305 g/mol. The number of hydrogen-bond donors (Lipinski definition) is 0. The number of rotatable bonds is 2. The van der Waals surface area contributed by atoms with Crippen molar-refractivity contribution in [1.29, 1.82) is 0 Å². The molecule has 0 atom stereocenters. The lowest BCUT2D eigenvalue weighted by molar-refractivity contribution is 0.0400. The Bertz CT molecular complexity index is 783. The van der Waals surface area contributed by atoms with E-state index in [9.17, 15) is 14.0 Å². The van der Waals surface area contributed by atoms with E-state index in [0.717, 1.165) is 5.56 Å². The molecule has 112 valence electrons. The summed E-state index contributed by atoms with van der Waals surface area (Å²) in [7, 11) is 0. The highest BCUT2D eigenvalue weighted by Gasteiger charge is 2.31. The number of hydrogen-bond acceptors (Lipinski definition) is 4. The number of nitrogens with zero attached hydrogens (tertiary/aromatic N) is 3. The van der Waals surface area contributed by atoms with E-state index in [1.54, 1.807) is 24.4 Å². The van der Waals surface area contributed by atoms with Gasteiger partial charge in [-0.05, 0) is 12.1 Å². The van der Waals surface area contributed by atoms with E-state index < -0.39 is 6.17 Å². The van der Waals surface area contributed by atoms with Crippen LogP contribution in [0.5, 0.6) is 0 Å². The molecule has 1 saturated heterocycles. The van der Waals surface area contributed by atoms with Crippen LogP contribution in [0.2, 0.25) is 0 Å². The second kappa shape index (κ2) is 4.95. The molecule has 5 nitrogen and oxygen atoms in total. The summed E-state index contributed by atoms with van der Waals surface area (Å²) in [6.07, 6.45) is 0.786. The molecule has 0 bridgehead atoms. The van der Waals surface area contributed by atoms with Crippen molar-refractivity contribution in [2.24, 2.45) is 0 Å². The average Bonchev–Trinajstić information content (AvgIpc) is 3.06. The number of carbonyl (C=O) groups excluding carboxylic acids is 2. The maximum atomic E-state index is 12.9. The maximum absolute atomic E-state index is 12.9. The lowest BCUT2D eigenvalue weighted by Crippen LogP contribution is -2.51. The minimum absolute atomic E-state index is 0.0144. The first-order valence-corrected chi connectivity index (χ1v) is 7.89. The molecule has 2 aliphatic heterocycles. The monoisotopic (exact) mass is 317 g/mol. The van der Waals surface area contributed by atoms with E-state index in [-0.39, 0.29) is 24.9 Å². The standard InChI is InChI=1S/C15H12FN3O2S/c16-11-5-18(6-11)14(21)10-3-1-2-9(4-10)12-7-19-13(20)8-22-15(19)17-12/h1-4,7,11H,5-6,8H2. The molecule has 2 aliphatic rings. The Labute approximate surface area is 130 Å². The maximum Gasteiger partial charge on any atom is 0.254 e. The number of thioether (sulfide) groups is 1. The quantitative estimate of drug-likeness (QED) is 0.851. The number of alkyl halides is 1. The zero-order chi connectivity index (χ0) is 15.3. The molecule has 4 rings (SSSR count). The third kappa shape index (κ3) is 2.12. The largest absolute Gasteiger partial charge is 0.333 e. The third-order valence-corrected chi connectivity index (χ3v) is 4.73. The van der Waals surface area contributed by atoms with Crippen LogP contribution in [0.25, 0.3) is 11.3 Å². The van der Waals surface area contributed by atoms with Crippen LogP contribution < -0.4 is 0 Å². The van der Waals surface area contributed by atoms with Crippen molar-refractivity contribution in [1.82, 2.24) is 14.5 Å². The Morgan fingerprint density at radius 1 is 1.36 bits per heavy atom. The molecule has 0 radical (unpaired) electrons. The van der Waals surface area contributed by atoms with Crippen LogP contribution in [-0.2, 0) is 0 Å². The van der Waals surface area contributed by atoms with Crippen molar-refractivity contribution in [3.05, 3.63) is 36.0 Å². The summed E-state index contributed by atoms with van der Waals surface area (Å²) in [5.41, 5.74) is 1.95. The van der Waals surface area contributed by atoms with E-state index in [0.29, 0.717) is 22.2 Å². The van der Waals surface area contributed by atoms with Gasteiger partial charge in [-0.15, -0.1) is 0 Å². The minimum atomic E-state index is -0.911. The second-order valence-electron chi connectivity index (χ2n) is 5.35. The van der Waals surface area contributed by atoms with Gasteiger partial charge in [0.25, 0.3) is 5.91 Å². The molecule has 0 N–H and O–H groups in total. The summed E-state index contributed by atoms with van der Waals surface area (Å²) in [5, 5.41) is 0.680. The smallest absolute Gasteiger partial charge is 0.254 e. The van der Waals surface area contributed by atoms with Crippen molar-refractivity contribution in [3.8, 4) is 11.3 Å². The Hall–Kier alpha value is -2.15. The highest BCUT2D eigenvalue weighted by atomic mass is 32.2. The number of fused-ring (bicyclic) bond motifs is 1. The van der Waals surface area contributed by atoms with Gasteiger partial charge in [-0.25, -0.2) is 9.37 Å². The average molecular weight is 317 g/mol. The van der Waals surface area contributed by atoms with E-state index in [2.05, 4.69) is 4.98 Å². The van der Waals surface area contributed by atoms with Gasteiger partial charge >= 0.3 is 0 Å². The first kappa shape index (κ1) is 13.5. The number of carbonyl (C=O) groups is 2. The van der Waals surface area contributed by atoms with Crippen molar-refractivity contribution >= 4 is 23.6 Å². The van der Waals surface area contributed by atoms with Crippen molar-refractivity contribution in [3.63, 3.8) is 0 Å².